The number of alkyl carbamates (subject to hydrolysis) is 2. The fourth-order valence-corrected chi connectivity index (χ4v) is 2.47. The Labute approximate surface area is 167 Å². The summed E-state index contributed by atoms with van der Waals surface area (Å²) in [4.78, 5) is 52.9. The molecule has 1 aliphatic rings. The van der Waals surface area contributed by atoms with Crippen molar-refractivity contribution >= 4 is 41.1 Å². The van der Waals surface area contributed by atoms with E-state index in [1.54, 1.807) is 41.5 Å². The maximum Gasteiger partial charge on any atom is 0.414 e. The number of hydrogen-bond donors (Lipinski definition) is 2. The summed E-state index contributed by atoms with van der Waals surface area (Å²) in [6.45, 7) is 9.87. The molecule has 0 spiro atoms. The molecule has 0 bridgehead atoms. The lowest BCUT2D eigenvalue weighted by Crippen LogP contribution is -2.47. The van der Waals surface area contributed by atoms with Crippen molar-refractivity contribution in [2.45, 2.75) is 52.7 Å². The highest BCUT2D eigenvalue weighted by atomic mass is 32.2. The van der Waals surface area contributed by atoms with Crippen LogP contribution in [0.4, 0.5) is 14.4 Å². The van der Waals surface area contributed by atoms with Gasteiger partial charge >= 0.3 is 12.2 Å². The van der Waals surface area contributed by atoms with Crippen LogP contribution in [0.2, 0.25) is 0 Å². The lowest BCUT2D eigenvalue weighted by molar-refractivity contribution is -0.125. The summed E-state index contributed by atoms with van der Waals surface area (Å²) < 4.78 is 10.2. The molecule has 158 valence electrons. The predicted molar refractivity (Wildman–Crippen MR) is 102 cm³/mol. The van der Waals surface area contributed by atoms with Gasteiger partial charge in [-0.2, -0.15) is 0 Å². The number of hydrogen-bond acceptors (Lipinski definition) is 9. The Hall–Kier alpha value is -2.50. The molecule has 0 unspecified atom stereocenters. The molecule has 28 heavy (non-hydrogen) atoms. The molecule has 0 atom stereocenters. The van der Waals surface area contributed by atoms with E-state index in [0.29, 0.717) is 0 Å². The van der Waals surface area contributed by atoms with Crippen molar-refractivity contribution in [3.05, 3.63) is 0 Å². The molecule has 1 fully saturated rings. The normalized spacial score (nSPS) is 14.4. The lowest BCUT2D eigenvalue weighted by Gasteiger charge is -2.21. The summed E-state index contributed by atoms with van der Waals surface area (Å²) >= 11 is 0.904. The number of imide groups is 1. The largest absolute Gasteiger partial charge is 0.444 e. The first-order valence-corrected chi connectivity index (χ1v) is 9.42. The van der Waals surface area contributed by atoms with Gasteiger partial charge in [-0.05, 0) is 46.7 Å². The fourth-order valence-electron chi connectivity index (χ4n) is 1.72. The molecule has 1 saturated heterocycles. The van der Waals surface area contributed by atoms with Crippen LogP contribution in [-0.2, 0) is 19.1 Å². The zero-order valence-corrected chi connectivity index (χ0v) is 17.6. The summed E-state index contributed by atoms with van der Waals surface area (Å²) in [6.07, 6.45) is -1.74. The van der Waals surface area contributed by atoms with Gasteiger partial charge in [-0.3, -0.25) is 25.1 Å². The van der Waals surface area contributed by atoms with E-state index in [1.165, 1.54) is 0 Å². The van der Waals surface area contributed by atoms with Crippen molar-refractivity contribution in [3.63, 3.8) is 0 Å². The predicted octanol–water partition coefficient (Wildman–Crippen LogP) is 2.02. The number of carbonyl (C=O) groups excluding carboxylic acids is 4. The van der Waals surface area contributed by atoms with Crippen LogP contribution in [0.5, 0.6) is 0 Å². The minimum atomic E-state index is -0.868. The molecular weight excluding hydrogens is 392 g/mol. The van der Waals surface area contributed by atoms with E-state index in [-0.39, 0.29) is 36.0 Å². The SMILES string of the molecule is CC(C)(C)OC(=O)NC(=NOCCN1C(=O)CSC1=O)NC(=O)OC(C)(C)C. The zero-order valence-electron chi connectivity index (χ0n) is 16.8. The van der Waals surface area contributed by atoms with Gasteiger partial charge in [0.1, 0.15) is 17.8 Å². The Morgan fingerprint density at radius 1 is 1.04 bits per heavy atom. The second kappa shape index (κ2) is 9.62. The Bertz CT molecular complexity index is 604. The van der Waals surface area contributed by atoms with E-state index < -0.39 is 23.4 Å². The van der Waals surface area contributed by atoms with Crippen molar-refractivity contribution in [3.8, 4) is 0 Å². The lowest BCUT2D eigenvalue weighted by atomic mass is 10.2. The topological polar surface area (TPSA) is 136 Å². The molecule has 0 aromatic rings. The van der Waals surface area contributed by atoms with Gasteiger partial charge in [0.05, 0.1) is 12.3 Å². The highest BCUT2D eigenvalue weighted by Gasteiger charge is 2.29. The second-order valence-electron chi connectivity index (χ2n) is 7.63. The van der Waals surface area contributed by atoms with E-state index in [9.17, 15) is 19.2 Å². The minimum absolute atomic E-state index is 0.0136. The van der Waals surface area contributed by atoms with Crippen LogP contribution in [0.1, 0.15) is 41.5 Å². The first-order chi connectivity index (χ1) is 12.8. The van der Waals surface area contributed by atoms with Crippen LogP contribution >= 0.6 is 11.8 Å². The van der Waals surface area contributed by atoms with Gasteiger partial charge in [0.25, 0.3) is 11.2 Å². The van der Waals surface area contributed by atoms with Crippen molar-refractivity contribution in [2.24, 2.45) is 5.16 Å². The number of ether oxygens (including phenoxy) is 2. The Kier molecular flexibility index (Phi) is 8.09. The Balaban J connectivity index is 2.68. The van der Waals surface area contributed by atoms with Crippen LogP contribution in [0.25, 0.3) is 0 Å². The quantitative estimate of drug-likeness (QED) is 0.306. The summed E-state index contributed by atoms with van der Waals surface area (Å²) in [5.74, 6) is -0.591. The van der Waals surface area contributed by atoms with Gasteiger partial charge in [0.15, 0.2) is 0 Å². The molecule has 0 aromatic heterocycles. The summed E-state index contributed by atoms with van der Waals surface area (Å²) in [6, 6.07) is 0. The van der Waals surface area contributed by atoms with Gasteiger partial charge < -0.3 is 14.3 Å². The molecule has 1 aliphatic heterocycles. The van der Waals surface area contributed by atoms with Gasteiger partial charge in [0.2, 0.25) is 5.91 Å². The molecule has 12 heteroatoms. The van der Waals surface area contributed by atoms with Crippen LogP contribution in [0, 0.1) is 0 Å². The smallest absolute Gasteiger partial charge is 0.414 e. The monoisotopic (exact) mass is 418 g/mol. The van der Waals surface area contributed by atoms with E-state index in [4.69, 9.17) is 14.3 Å². The third-order valence-corrected chi connectivity index (χ3v) is 3.50. The van der Waals surface area contributed by atoms with Crippen molar-refractivity contribution < 1.29 is 33.5 Å². The molecule has 2 N–H and O–H groups in total. The van der Waals surface area contributed by atoms with Crippen molar-refractivity contribution in [1.82, 2.24) is 15.5 Å². The molecule has 0 aromatic carbocycles. The Morgan fingerprint density at radius 3 is 1.93 bits per heavy atom. The average molecular weight is 418 g/mol. The number of carbonyl (C=O) groups is 4. The maximum absolute atomic E-state index is 11.9. The van der Waals surface area contributed by atoms with Gasteiger partial charge in [-0.1, -0.05) is 11.8 Å². The van der Waals surface area contributed by atoms with Crippen molar-refractivity contribution in [1.29, 1.82) is 0 Å². The van der Waals surface area contributed by atoms with E-state index >= 15 is 0 Å². The van der Waals surface area contributed by atoms with Gasteiger partial charge in [0, 0.05) is 0 Å². The number of rotatable bonds is 4. The van der Waals surface area contributed by atoms with E-state index in [1.807, 2.05) is 0 Å². The summed E-state index contributed by atoms with van der Waals surface area (Å²) in [5, 5.41) is 7.72. The van der Waals surface area contributed by atoms with E-state index in [0.717, 1.165) is 16.7 Å². The van der Waals surface area contributed by atoms with Crippen LogP contribution < -0.4 is 10.6 Å². The molecule has 11 nitrogen and oxygen atoms in total. The molecule has 1 rings (SSSR count). The third-order valence-electron chi connectivity index (χ3n) is 2.64. The minimum Gasteiger partial charge on any atom is -0.444 e. The highest BCUT2D eigenvalue weighted by molar-refractivity contribution is 8.14. The fraction of sp³-hybridized carbons (Fsp3) is 0.688. The Morgan fingerprint density at radius 2 is 1.54 bits per heavy atom. The molecule has 0 aliphatic carbocycles. The van der Waals surface area contributed by atoms with Gasteiger partial charge in [-0.15, -0.1) is 0 Å². The van der Waals surface area contributed by atoms with Crippen LogP contribution in [-0.4, -0.2) is 64.3 Å². The van der Waals surface area contributed by atoms with Gasteiger partial charge in [-0.25, -0.2) is 9.59 Å². The third kappa shape index (κ3) is 9.44. The number of guanidine groups is 1. The summed E-state index contributed by atoms with van der Waals surface area (Å²) in [5.41, 5.74) is -1.54. The standard InChI is InChI=1S/C16H26N4O7S/c1-15(2,3)26-12(22)17-11(18-13(23)27-16(4,5)6)19-25-8-7-20-10(21)9-28-14(20)24/h7-9H2,1-6H3,(H2,17,18,19,22,23). The van der Waals surface area contributed by atoms with Crippen LogP contribution in [0.15, 0.2) is 5.16 Å². The number of thioether (sulfide) groups is 1. The zero-order chi connectivity index (χ0) is 21.5. The number of oxime groups is 1. The van der Waals surface area contributed by atoms with Crippen molar-refractivity contribution in [2.75, 3.05) is 18.9 Å². The molecule has 0 radical (unpaired) electrons. The summed E-state index contributed by atoms with van der Waals surface area (Å²) in [7, 11) is 0. The molecule has 1 heterocycles. The highest BCUT2D eigenvalue weighted by Crippen LogP contribution is 2.17. The number of nitrogens with zero attached hydrogens (tertiary/aromatic N) is 2. The average Bonchev–Trinajstić information content (AvgIpc) is 2.78. The second-order valence-corrected chi connectivity index (χ2v) is 8.55. The molecular formula is C16H26N4O7S. The molecule has 4 amide bonds. The number of amides is 4. The maximum atomic E-state index is 11.9. The van der Waals surface area contributed by atoms with E-state index in [2.05, 4.69) is 15.8 Å². The van der Waals surface area contributed by atoms with Crippen LogP contribution in [0.3, 0.4) is 0 Å². The molecule has 0 saturated carbocycles. The first kappa shape index (κ1) is 23.5. The number of nitrogens with one attached hydrogen (secondary N) is 2. The first-order valence-electron chi connectivity index (χ1n) is 8.44.